The topological polar surface area (TPSA) is 102 Å². The summed E-state index contributed by atoms with van der Waals surface area (Å²) in [6, 6.07) is -0.739. The highest BCUT2D eigenvalue weighted by atomic mass is 16.6. The van der Waals surface area contributed by atoms with E-state index >= 15 is 0 Å². The number of ether oxygens (including phenoxy) is 3. The largest absolute Gasteiger partial charge is 0.544 e. The molecular formula is C45H75NO7. The normalized spacial score (nSPS) is 13.8. The summed E-state index contributed by atoms with van der Waals surface area (Å²) in [7, 11) is 5.37. The maximum Gasteiger partial charge on any atom is 0.309 e. The number of carbonyl (C=O) groups excluding carboxylic acids is 3. The molecule has 0 aliphatic rings. The van der Waals surface area contributed by atoms with E-state index in [2.05, 4.69) is 74.6 Å². The molecule has 0 N–H and O–H groups in total. The molecule has 0 saturated heterocycles. The fraction of sp³-hybridized carbons (Fsp3) is 0.667. The number of likely N-dealkylation sites (N-methyl/N-ethyl adjacent to an activating group) is 1. The van der Waals surface area contributed by atoms with Gasteiger partial charge >= 0.3 is 11.9 Å². The second-order valence-electron chi connectivity index (χ2n) is 14.5. The third-order valence-electron chi connectivity index (χ3n) is 8.62. The second-order valence-corrected chi connectivity index (χ2v) is 14.5. The van der Waals surface area contributed by atoms with Crippen molar-refractivity contribution in [3.63, 3.8) is 0 Å². The molecule has 0 spiro atoms. The number of quaternary nitrogens is 1. The van der Waals surface area contributed by atoms with Crippen LogP contribution in [0.3, 0.4) is 0 Å². The van der Waals surface area contributed by atoms with Crippen LogP contribution in [0.1, 0.15) is 142 Å². The fourth-order valence-corrected chi connectivity index (χ4v) is 5.50. The predicted molar refractivity (Wildman–Crippen MR) is 217 cm³/mol. The van der Waals surface area contributed by atoms with Gasteiger partial charge in [-0.25, -0.2) is 0 Å². The molecule has 2 atom stereocenters. The Morgan fingerprint density at radius 2 is 1.06 bits per heavy atom. The van der Waals surface area contributed by atoms with Crippen LogP contribution in [-0.4, -0.2) is 75.5 Å². The van der Waals surface area contributed by atoms with Crippen LogP contribution in [0.15, 0.2) is 72.9 Å². The quantitative estimate of drug-likeness (QED) is 0.0276. The van der Waals surface area contributed by atoms with Crippen LogP contribution in [0.2, 0.25) is 0 Å². The molecule has 302 valence electrons. The highest BCUT2D eigenvalue weighted by Crippen LogP contribution is 2.13. The van der Waals surface area contributed by atoms with E-state index in [-0.39, 0.29) is 43.1 Å². The van der Waals surface area contributed by atoms with Gasteiger partial charge in [-0.05, 0) is 57.8 Å². The second kappa shape index (κ2) is 35.8. The van der Waals surface area contributed by atoms with Crippen LogP contribution < -0.4 is 5.11 Å². The first-order valence-electron chi connectivity index (χ1n) is 20.5. The summed E-state index contributed by atoms with van der Waals surface area (Å²) in [6.07, 6.45) is 44.0. The van der Waals surface area contributed by atoms with Gasteiger partial charge in [0.05, 0.1) is 46.7 Å². The summed E-state index contributed by atoms with van der Waals surface area (Å²) in [5.74, 6) is -1.90. The minimum absolute atomic E-state index is 0.00870. The number of allylic oxidation sites excluding steroid dienone is 11. The minimum Gasteiger partial charge on any atom is -0.544 e. The Morgan fingerprint density at radius 3 is 1.57 bits per heavy atom. The molecule has 0 fully saturated rings. The summed E-state index contributed by atoms with van der Waals surface area (Å²) in [5, 5.41) is 11.6. The van der Waals surface area contributed by atoms with E-state index in [0.29, 0.717) is 6.42 Å². The first-order valence-corrected chi connectivity index (χ1v) is 20.5. The number of rotatable bonds is 35. The number of unbranched alkanes of at least 4 members (excludes halogenated alkanes) is 10. The molecular weight excluding hydrogens is 666 g/mol. The molecule has 0 bridgehead atoms. The Hall–Kier alpha value is -3.23. The zero-order chi connectivity index (χ0) is 39.3. The SMILES string of the molecule is CC/C=C/C/C=C/C/C=C/CCCCCCCCCCCCC(=O)OC(COCCC(C(=O)[O-])[N+](C)(C)C)COC(=O)C/C=C/C/C=C/C/C=C/CC. The van der Waals surface area contributed by atoms with Crippen molar-refractivity contribution >= 4 is 17.9 Å². The number of carbonyl (C=O) groups is 3. The van der Waals surface area contributed by atoms with E-state index in [1.807, 2.05) is 6.08 Å². The number of hydrogen-bond donors (Lipinski definition) is 0. The third kappa shape index (κ3) is 34.3. The number of hydrogen-bond acceptors (Lipinski definition) is 7. The van der Waals surface area contributed by atoms with E-state index in [1.165, 1.54) is 51.4 Å². The van der Waals surface area contributed by atoms with Gasteiger partial charge in [0, 0.05) is 12.8 Å². The lowest BCUT2D eigenvalue weighted by molar-refractivity contribution is -0.889. The Labute approximate surface area is 323 Å². The molecule has 0 aromatic carbocycles. The molecule has 0 aromatic heterocycles. The molecule has 8 heteroatoms. The number of nitrogens with zero attached hydrogens (tertiary/aromatic N) is 1. The highest BCUT2D eigenvalue weighted by molar-refractivity contribution is 5.71. The highest BCUT2D eigenvalue weighted by Gasteiger charge is 2.25. The summed E-state index contributed by atoms with van der Waals surface area (Å²) in [4.78, 5) is 36.6. The van der Waals surface area contributed by atoms with Gasteiger partial charge in [0.1, 0.15) is 12.6 Å². The van der Waals surface area contributed by atoms with Gasteiger partial charge in [-0.1, -0.05) is 138 Å². The van der Waals surface area contributed by atoms with Gasteiger partial charge in [-0.3, -0.25) is 9.59 Å². The van der Waals surface area contributed by atoms with Crippen molar-refractivity contribution in [2.45, 2.75) is 154 Å². The monoisotopic (exact) mass is 742 g/mol. The third-order valence-corrected chi connectivity index (χ3v) is 8.62. The van der Waals surface area contributed by atoms with Gasteiger partial charge in [-0.2, -0.15) is 0 Å². The molecule has 0 rings (SSSR count). The molecule has 0 aliphatic heterocycles. The minimum atomic E-state index is -1.14. The molecule has 2 unspecified atom stereocenters. The first-order chi connectivity index (χ1) is 25.6. The van der Waals surface area contributed by atoms with Crippen molar-refractivity contribution < 1.29 is 38.2 Å². The maximum atomic E-state index is 12.7. The van der Waals surface area contributed by atoms with Gasteiger partial charge in [0.15, 0.2) is 6.10 Å². The lowest BCUT2D eigenvalue weighted by Crippen LogP contribution is -2.55. The molecule has 0 saturated carbocycles. The average molecular weight is 742 g/mol. The Morgan fingerprint density at radius 1 is 0.585 bits per heavy atom. The standard InChI is InChI=1S/C45H75NO7/c1-6-8-10-12-14-16-17-18-19-20-21-22-23-24-25-26-28-30-32-34-36-44(48)53-41(39-51-38-37-42(45(49)50)46(3,4)5)40-52-43(47)35-33-31-29-27-15-13-11-9-7-2/h8-11,14-16,18-19,27,31,33,41-42H,6-7,12-13,17,20-26,28-30,32,34-40H2,1-5H3/b10-8+,11-9+,16-14+,19-18+,27-15+,33-31+. The Balaban J connectivity index is 4.36. The fourth-order valence-electron chi connectivity index (χ4n) is 5.50. The lowest BCUT2D eigenvalue weighted by atomic mass is 10.0. The summed E-state index contributed by atoms with van der Waals surface area (Å²) >= 11 is 0. The number of aliphatic carboxylic acids is 1. The lowest BCUT2D eigenvalue weighted by Gasteiger charge is -2.34. The summed E-state index contributed by atoms with van der Waals surface area (Å²) in [5.41, 5.74) is 0. The van der Waals surface area contributed by atoms with Crippen molar-refractivity contribution in [2.75, 3.05) is 41.0 Å². The zero-order valence-electron chi connectivity index (χ0n) is 34.2. The van der Waals surface area contributed by atoms with Crippen LogP contribution in [0.4, 0.5) is 0 Å². The van der Waals surface area contributed by atoms with Crippen LogP contribution in [0.25, 0.3) is 0 Å². The van der Waals surface area contributed by atoms with E-state index in [4.69, 9.17) is 14.2 Å². The van der Waals surface area contributed by atoms with E-state index in [1.54, 1.807) is 27.2 Å². The van der Waals surface area contributed by atoms with Crippen molar-refractivity contribution in [1.82, 2.24) is 0 Å². The number of carboxylic acid groups (broad SMARTS) is 1. The Kier molecular flexibility index (Phi) is 33.6. The van der Waals surface area contributed by atoms with Crippen molar-refractivity contribution in [3.05, 3.63) is 72.9 Å². The van der Waals surface area contributed by atoms with Crippen LogP contribution >= 0.6 is 0 Å². The summed E-state index contributed by atoms with van der Waals surface area (Å²) in [6.45, 7) is 4.29. The first kappa shape index (κ1) is 49.8. The van der Waals surface area contributed by atoms with E-state index in [0.717, 1.165) is 57.8 Å². The smallest absolute Gasteiger partial charge is 0.309 e. The van der Waals surface area contributed by atoms with Crippen molar-refractivity contribution in [2.24, 2.45) is 0 Å². The van der Waals surface area contributed by atoms with Gasteiger partial charge in [0.25, 0.3) is 0 Å². The van der Waals surface area contributed by atoms with E-state index in [9.17, 15) is 19.5 Å². The molecule has 53 heavy (non-hydrogen) atoms. The van der Waals surface area contributed by atoms with Crippen LogP contribution in [0.5, 0.6) is 0 Å². The maximum absolute atomic E-state index is 12.7. The molecule has 0 amide bonds. The molecule has 0 heterocycles. The Bertz CT molecular complexity index is 1100. The van der Waals surface area contributed by atoms with Crippen LogP contribution in [-0.2, 0) is 28.6 Å². The number of esters is 2. The predicted octanol–water partition coefficient (Wildman–Crippen LogP) is 9.46. The van der Waals surface area contributed by atoms with Crippen LogP contribution in [0, 0.1) is 0 Å². The van der Waals surface area contributed by atoms with Gasteiger partial charge in [-0.15, -0.1) is 0 Å². The van der Waals surface area contributed by atoms with E-state index < -0.39 is 24.1 Å². The molecule has 0 radical (unpaired) electrons. The number of carboxylic acids is 1. The molecule has 0 aromatic rings. The van der Waals surface area contributed by atoms with Crippen molar-refractivity contribution in [1.29, 1.82) is 0 Å². The van der Waals surface area contributed by atoms with Gasteiger partial charge in [0.2, 0.25) is 0 Å². The van der Waals surface area contributed by atoms with Crippen molar-refractivity contribution in [3.8, 4) is 0 Å². The van der Waals surface area contributed by atoms with Gasteiger partial charge < -0.3 is 28.6 Å². The molecule has 0 aliphatic carbocycles. The summed E-state index contributed by atoms with van der Waals surface area (Å²) < 4.78 is 17.0. The molecule has 8 nitrogen and oxygen atoms in total. The average Bonchev–Trinajstić information content (AvgIpc) is 3.11. The zero-order valence-corrected chi connectivity index (χ0v) is 34.2.